The molecule has 1 unspecified atom stereocenters. The highest BCUT2D eigenvalue weighted by Crippen LogP contribution is 2.18. The molecule has 0 spiro atoms. The molecule has 5 heteroatoms. The van der Waals surface area contributed by atoms with E-state index in [1.165, 1.54) is 0 Å². The molecule has 2 aromatic rings. The minimum absolute atomic E-state index is 0.0879. The standard InChI is InChI=1S/C15H17NO4/c1-10(5-4-8-14(17)18)16-15(19)13-9-11-6-2-3-7-12(11)20-13/h2-3,6-7,9-10H,4-5,8H2,1H3,(H,16,19)(H,17,18). The molecular formula is C15H17NO4. The molecule has 1 atom stereocenters. The summed E-state index contributed by atoms with van der Waals surface area (Å²) in [6, 6.07) is 9.04. The molecule has 0 aliphatic heterocycles. The molecule has 0 radical (unpaired) electrons. The minimum Gasteiger partial charge on any atom is -0.481 e. The molecule has 0 saturated carbocycles. The summed E-state index contributed by atoms with van der Waals surface area (Å²) < 4.78 is 5.47. The number of benzene rings is 1. The maximum absolute atomic E-state index is 12.0. The van der Waals surface area contributed by atoms with Crippen LogP contribution >= 0.6 is 0 Å². The molecule has 20 heavy (non-hydrogen) atoms. The van der Waals surface area contributed by atoms with Crippen LogP contribution in [0.4, 0.5) is 0 Å². The summed E-state index contributed by atoms with van der Waals surface area (Å²) in [5, 5.41) is 12.3. The summed E-state index contributed by atoms with van der Waals surface area (Å²) in [5.74, 6) is -0.818. The minimum atomic E-state index is -0.819. The maximum atomic E-state index is 12.0. The fourth-order valence-corrected chi connectivity index (χ4v) is 2.02. The SMILES string of the molecule is CC(CCCC(=O)O)NC(=O)c1cc2ccccc2o1. The molecule has 1 aromatic carbocycles. The summed E-state index contributed by atoms with van der Waals surface area (Å²) in [5.41, 5.74) is 0.677. The van der Waals surface area contributed by atoms with Gasteiger partial charge in [-0.15, -0.1) is 0 Å². The average Bonchev–Trinajstić information content (AvgIpc) is 2.82. The molecular weight excluding hydrogens is 258 g/mol. The van der Waals surface area contributed by atoms with Gasteiger partial charge < -0.3 is 14.8 Å². The second-order valence-electron chi connectivity index (χ2n) is 4.81. The van der Waals surface area contributed by atoms with Crippen molar-refractivity contribution in [3.63, 3.8) is 0 Å². The Morgan fingerprint density at radius 2 is 2.10 bits per heavy atom. The van der Waals surface area contributed by atoms with E-state index in [9.17, 15) is 9.59 Å². The third-order valence-corrected chi connectivity index (χ3v) is 3.05. The molecule has 1 heterocycles. The molecule has 0 bridgehead atoms. The zero-order valence-corrected chi connectivity index (χ0v) is 11.3. The zero-order chi connectivity index (χ0) is 14.5. The van der Waals surface area contributed by atoms with Gasteiger partial charge in [0.25, 0.3) is 5.91 Å². The van der Waals surface area contributed by atoms with Gasteiger partial charge in [-0.2, -0.15) is 0 Å². The lowest BCUT2D eigenvalue weighted by molar-refractivity contribution is -0.137. The van der Waals surface area contributed by atoms with Crippen molar-refractivity contribution >= 4 is 22.8 Å². The first-order valence-electron chi connectivity index (χ1n) is 6.57. The van der Waals surface area contributed by atoms with Crippen molar-refractivity contribution in [3.05, 3.63) is 36.1 Å². The number of furan rings is 1. The number of carbonyl (C=O) groups excluding carboxylic acids is 1. The number of rotatable bonds is 6. The van der Waals surface area contributed by atoms with E-state index in [0.29, 0.717) is 18.4 Å². The van der Waals surface area contributed by atoms with Crippen molar-refractivity contribution in [3.8, 4) is 0 Å². The van der Waals surface area contributed by atoms with E-state index in [1.54, 1.807) is 6.07 Å². The molecule has 5 nitrogen and oxygen atoms in total. The summed E-state index contributed by atoms with van der Waals surface area (Å²) in [7, 11) is 0. The molecule has 0 saturated heterocycles. The first-order valence-corrected chi connectivity index (χ1v) is 6.57. The van der Waals surface area contributed by atoms with E-state index in [1.807, 2.05) is 31.2 Å². The van der Waals surface area contributed by atoms with Gasteiger partial charge >= 0.3 is 5.97 Å². The van der Waals surface area contributed by atoms with Crippen LogP contribution in [-0.4, -0.2) is 23.0 Å². The van der Waals surface area contributed by atoms with E-state index in [0.717, 1.165) is 5.39 Å². The van der Waals surface area contributed by atoms with Crippen molar-refractivity contribution in [2.75, 3.05) is 0 Å². The average molecular weight is 275 g/mol. The lowest BCUT2D eigenvalue weighted by atomic mass is 10.1. The molecule has 2 N–H and O–H groups in total. The van der Waals surface area contributed by atoms with Crippen LogP contribution in [0.1, 0.15) is 36.7 Å². The third-order valence-electron chi connectivity index (χ3n) is 3.05. The Kier molecular flexibility index (Phi) is 4.40. The van der Waals surface area contributed by atoms with Crippen molar-refractivity contribution in [2.45, 2.75) is 32.2 Å². The van der Waals surface area contributed by atoms with Crippen LogP contribution < -0.4 is 5.32 Å². The summed E-state index contributed by atoms with van der Waals surface area (Å²) in [6.07, 6.45) is 1.28. The van der Waals surface area contributed by atoms with Crippen molar-refractivity contribution < 1.29 is 19.1 Å². The topological polar surface area (TPSA) is 79.5 Å². The predicted octanol–water partition coefficient (Wildman–Crippen LogP) is 2.81. The van der Waals surface area contributed by atoms with Gasteiger partial charge in [-0.25, -0.2) is 0 Å². The van der Waals surface area contributed by atoms with Gasteiger partial charge in [0.05, 0.1) is 0 Å². The highest BCUT2D eigenvalue weighted by molar-refractivity contribution is 5.96. The number of amides is 1. The molecule has 0 aliphatic carbocycles. The predicted molar refractivity (Wildman–Crippen MR) is 74.6 cm³/mol. The monoisotopic (exact) mass is 275 g/mol. The highest BCUT2D eigenvalue weighted by atomic mass is 16.4. The van der Waals surface area contributed by atoms with E-state index >= 15 is 0 Å². The fourth-order valence-electron chi connectivity index (χ4n) is 2.02. The molecule has 1 amide bonds. The highest BCUT2D eigenvalue weighted by Gasteiger charge is 2.14. The third kappa shape index (κ3) is 3.60. The van der Waals surface area contributed by atoms with Crippen molar-refractivity contribution in [1.82, 2.24) is 5.32 Å². The van der Waals surface area contributed by atoms with Gasteiger partial charge in [-0.3, -0.25) is 9.59 Å². The first kappa shape index (κ1) is 14.1. The number of nitrogens with one attached hydrogen (secondary N) is 1. The quantitative estimate of drug-likeness (QED) is 0.849. The number of carboxylic acid groups (broad SMARTS) is 1. The van der Waals surface area contributed by atoms with Crippen LogP contribution in [0.25, 0.3) is 11.0 Å². The summed E-state index contributed by atoms with van der Waals surface area (Å²) >= 11 is 0. The van der Waals surface area contributed by atoms with E-state index in [4.69, 9.17) is 9.52 Å². The smallest absolute Gasteiger partial charge is 0.303 e. The Hall–Kier alpha value is -2.30. The number of hydrogen-bond acceptors (Lipinski definition) is 3. The molecule has 0 fully saturated rings. The normalized spacial score (nSPS) is 12.2. The Labute approximate surface area is 116 Å². The maximum Gasteiger partial charge on any atom is 0.303 e. The zero-order valence-electron chi connectivity index (χ0n) is 11.3. The number of hydrogen-bond donors (Lipinski definition) is 2. The van der Waals surface area contributed by atoms with E-state index < -0.39 is 5.97 Å². The van der Waals surface area contributed by atoms with Gasteiger partial charge in [-0.1, -0.05) is 18.2 Å². The fraction of sp³-hybridized carbons (Fsp3) is 0.333. The number of fused-ring (bicyclic) bond motifs is 1. The van der Waals surface area contributed by atoms with Crippen LogP contribution in [0.3, 0.4) is 0 Å². The van der Waals surface area contributed by atoms with Crippen LogP contribution in [0.2, 0.25) is 0 Å². The Morgan fingerprint density at radius 1 is 1.35 bits per heavy atom. The van der Waals surface area contributed by atoms with Gasteiger partial charge in [0.15, 0.2) is 5.76 Å². The van der Waals surface area contributed by atoms with Gasteiger partial charge in [0, 0.05) is 17.8 Å². The second-order valence-corrected chi connectivity index (χ2v) is 4.81. The van der Waals surface area contributed by atoms with Crippen LogP contribution in [0.15, 0.2) is 34.7 Å². The molecule has 1 aromatic heterocycles. The summed E-state index contributed by atoms with van der Waals surface area (Å²) in [4.78, 5) is 22.4. The number of carbonyl (C=O) groups is 2. The Bertz CT molecular complexity index is 584. The van der Waals surface area contributed by atoms with Crippen LogP contribution in [-0.2, 0) is 4.79 Å². The number of carboxylic acids is 1. The second kappa shape index (κ2) is 6.23. The van der Waals surface area contributed by atoms with Crippen LogP contribution in [0, 0.1) is 0 Å². The van der Waals surface area contributed by atoms with E-state index in [2.05, 4.69) is 5.32 Å². The first-order chi connectivity index (χ1) is 9.56. The number of aliphatic carboxylic acids is 1. The molecule has 106 valence electrons. The van der Waals surface area contributed by atoms with Gasteiger partial charge in [0.1, 0.15) is 5.58 Å². The van der Waals surface area contributed by atoms with Gasteiger partial charge in [-0.05, 0) is 31.9 Å². The Morgan fingerprint density at radius 3 is 2.80 bits per heavy atom. The van der Waals surface area contributed by atoms with Crippen molar-refractivity contribution in [2.24, 2.45) is 0 Å². The van der Waals surface area contributed by atoms with Crippen LogP contribution in [0.5, 0.6) is 0 Å². The van der Waals surface area contributed by atoms with Gasteiger partial charge in [0.2, 0.25) is 0 Å². The van der Waals surface area contributed by atoms with Crippen molar-refractivity contribution in [1.29, 1.82) is 0 Å². The number of para-hydroxylation sites is 1. The lowest BCUT2D eigenvalue weighted by Gasteiger charge is -2.11. The molecule has 0 aliphatic rings. The summed E-state index contributed by atoms with van der Waals surface area (Å²) in [6.45, 7) is 1.85. The van der Waals surface area contributed by atoms with E-state index in [-0.39, 0.29) is 24.1 Å². The largest absolute Gasteiger partial charge is 0.481 e. The Balaban J connectivity index is 1.92. The lowest BCUT2D eigenvalue weighted by Crippen LogP contribution is -2.32. The molecule has 2 rings (SSSR count).